The van der Waals surface area contributed by atoms with Crippen molar-refractivity contribution in [2.45, 2.75) is 77.0 Å². The highest BCUT2D eigenvalue weighted by Crippen LogP contribution is 2.38. The molecule has 0 unspecified atom stereocenters. The van der Waals surface area contributed by atoms with E-state index in [2.05, 4.69) is 45.3 Å². The van der Waals surface area contributed by atoms with Crippen molar-refractivity contribution in [2.75, 3.05) is 19.6 Å². The van der Waals surface area contributed by atoms with Gasteiger partial charge in [0.25, 0.3) is 0 Å². The average molecular weight is 317 g/mol. The molecule has 3 aliphatic rings. The fourth-order valence-electron chi connectivity index (χ4n) is 4.65. The molecule has 23 heavy (non-hydrogen) atoms. The molecular formula is C18H31N5. The van der Waals surface area contributed by atoms with Crippen LogP contribution in [0.25, 0.3) is 0 Å². The second-order valence-electron chi connectivity index (χ2n) is 8.72. The summed E-state index contributed by atoms with van der Waals surface area (Å²) in [6.45, 7) is 11.4. The van der Waals surface area contributed by atoms with Crippen LogP contribution in [0.2, 0.25) is 0 Å². The van der Waals surface area contributed by atoms with Crippen molar-refractivity contribution in [1.82, 2.24) is 24.6 Å². The van der Waals surface area contributed by atoms with E-state index in [1.807, 2.05) is 0 Å². The van der Waals surface area contributed by atoms with Crippen molar-refractivity contribution in [1.29, 1.82) is 0 Å². The molecule has 0 N–H and O–H groups in total. The molecule has 1 aliphatic carbocycles. The van der Waals surface area contributed by atoms with Gasteiger partial charge in [0.05, 0.1) is 12.1 Å². The van der Waals surface area contributed by atoms with Crippen LogP contribution in [-0.2, 0) is 12.1 Å². The van der Waals surface area contributed by atoms with Gasteiger partial charge in [0.1, 0.15) is 12.2 Å². The topological polar surface area (TPSA) is 37.2 Å². The lowest BCUT2D eigenvalue weighted by molar-refractivity contribution is 0.0139. The fourth-order valence-corrected chi connectivity index (χ4v) is 4.65. The van der Waals surface area contributed by atoms with Crippen LogP contribution in [0.3, 0.4) is 0 Å². The molecular weight excluding hydrogens is 286 g/mol. The highest BCUT2D eigenvalue weighted by molar-refractivity contribution is 4.98. The maximum Gasteiger partial charge on any atom is 0.141 e. The number of rotatable bonds is 3. The van der Waals surface area contributed by atoms with Gasteiger partial charge < -0.3 is 0 Å². The van der Waals surface area contributed by atoms with Crippen LogP contribution in [0, 0.1) is 5.92 Å². The number of nitrogens with zero attached hydrogens (tertiary/aromatic N) is 5. The Bertz CT molecular complexity index is 542. The van der Waals surface area contributed by atoms with E-state index in [1.54, 1.807) is 6.33 Å². The van der Waals surface area contributed by atoms with E-state index in [9.17, 15) is 0 Å². The summed E-state index contributed by atoms with van der Waals surface area (Å²) < 4.78 is 2.09. The van der Waals surface area contributed by atoms with Gasteiger partial charge in [-0.15, -0.1) is 0 Å². The summed E-state index contributed by atoms with van der Waals surface area (Å²) in [6.07, 6.45) is 8.75. The third kappa shape index (κ3) is 3.18. The van der Waals surface area contributed by atoms with Crippen molar-refractivity contribution < 1.29 is 0 Å². The van der Waals surface area contributed by atoms with Gasteiger partial charge >= 0.3 is 0 Å². The van der Waals surface area contributed by atoms with E-state index in [1.165, 1.54) is 51.7 Å². The third-order valence-electron chi connectivity index (χ3n) is 5.83. The van der Waals surface area contributed by atoms with Crippen molar-refractivity contribution >= 4 is 0 Å². The summed E-state index contributed by atoms with van der Waals surface area (Å²) in [5, 5.41) is 4.45. The number of piperidine rings is 2. The first-order chi connectivity index (χ1) is 11.0. The Morgan fingerprint density at radius 2 is 1.96 bits per heavy atom. The van der Waals surface area contributed by atoms with Crippen LogP contribution in [0.4, 0.5) is 0 Å². The summed E-state index contributed by atoms with van der Waals surface area (Å²) in [7, 11) is 0. The van der Waals surface area contributed by atoms with Crippen molar-refractivity contribution in [2.24, 2.45) is 5.92 Å². The Hall–Kier alpha value is -0.940. The summed E-state index contributed by atoms with van der Waals surface area (Å²) in [4.78, 5) is 10.00. The predicted molar refractivity (Wildman–Crippen MR) is 91.2 cm³/mol. The number of hydrogen-bond acceptors (Lipinski definition) is 4. The van der Waals surface area contributed by atoms with E-state index >= 15 is 0 Å². The molecule has 0 spiro atoms. The Kier molecular flexibility index (Phi) is 3.96. The monoisotopic (exact) mass is 317 g/mol. The minimum Gasteiger partial charge on any atom is -0.297 e. The highest BCUT2D eigenvalue weighted by Gasteiger charge is 2.42. The molecule has 1 aromatic rings. The zero-order valence-corrected chi connectivity index (χ0v) is 14.9. The molecule has 2 atom stereocenters. The number of fused-ring (bicyclic) bond motifs is 1. The van der Waals surface area contributed by atoms with Crippen LogP contribution in [0.1, 0.15) is 58.7 Å². The normalized spacial score (nSPS) is 30.4. The molecule has 5 heteroatoms. The Labute approximate surface area is 140 Å². The lowest BCUT2D eigenvalue weighted by atomic mass is 9.83. The summed E-state index contributed by atoms with van der Waals surface area (Å²) in [6, 6.07) is 1.78. The molecule has 4 rings (SSSR count). The van der Waals surface area contributed by atoms with Crippen molar-refractivity contribution in [3.05, 3.63) is 12.2 Å². The maximum atomic E-state index is 4.53. The zero-order chi connectivity index (χ0) is 16.0. The minimum atomic E-state index is 0.0117. The standard InChI is InChI=1S/C18H31N5/c1-18(2,3)23-17(19-13-20-23)12-21-10-8-16-14(11-21)5-4-9-22(16)15-6-7-15/h13-16H,4-12H2,1-3H3/t14-,16-/m0/s1. The van der Waals surface area contributed by atoms with Crippen molar-refractivity contribution in [3.8, 4) is 0 Å². The molecule has 1 aromatic heterocycles. The third-order valence-corrected chi connectivity index (χ3v) is 5.83. The molecule has 2 saturated heterocycles. The van der Waals surface area contributed by atoms with Crippen LogP contribution in [0.15, 0.2) is 6.33 Å². The Morgan fingerprint density at radius 3 is 2.70 bits per heavy atom. The molecule has 3 fully saturated rings. The quantitative estimate of drug-likeness (QED) is 0.858. The molecule has 1 saturated carbocycles. The van der Waals surface area contributed by atoms with Crippen LogP contribution in [0.5, 0.6) is 0 Å². The summed E-state index contributed by atoms with van der Waals surface area (Å²) in [5.41, 5.74) is 0.0117. The lowest BCUT2D eigenvalue weighted by Gasteiger charge is -2.47. The van der Waals surface area contributed by atoms with Gasteiger partial charge in [0.15, 0.2) is 0 Å². The highest BCUT2D eigenvalue weighted by atomic mass is 15.4. The van der Waals surface area contributed by atoms with Gasteiger partial charge in [-0.25, -0.2) is 9.67 Å². The SMILES string of the molecule is CC(C)(C)n1ncnc1CN1CC[C@H]2[C@@H](CCCN2C2CC2)C1. The van der Waals surface area contributed by atoms with E-state index < -0.39 is 0 Å². The maximum absolute atomic E-state index is 4.53. The van der Waals surface area contributed by atoms with Crippen molar-refractivity contribution in [3.63, 3.8) is 0 Å². The second-order valence-corrected chi connectivity index (χ2v) is 8.72. The first kappa shape index (κ1) is 15.6. The van der Waals surface area contributed by atoms with E-state index in [0.717, 1.165) is 30.4 Å². The molecule has 0 radical (unpaired) electrons. The van der Waals surface area contributed by atoms with Gasteiger partial charge in [-0.3, -0.25) is 9.80 Å². The van der Waals surface area contributed by atoms with E-state index in [0.29, 0.717) is 0 Å². The smallest absolute Gasteiger partial charge is 0.141 e. The number of aromatic nitrogens is 3. The van der Waals surface area contributed by atoms with Gasteiger partial charge in [0, 0.05) is 25.2 Å². The predicted octanol–water partition coefficient (Wildman–Crippen LogP) is 2.48. The van der Waals surface area contributed by atoms with Crippen LogP contribution in [-0.4, -0.2) is 56.3 Å². The lowest BCUT2D eigenvalue weighted by Crippen LogP contribution is -2.54. The summed E-state index contributed by atoms with van der Waals surface area (Å²) >= 11 is 0. The molecule has 0 amide bonds. The average Bonchev–Trinajstić information content (AvgIpc) is 3.24. The molecule has 128 valence electrons. The molecule has 5 nitrogen and oxygen atoms in total. The number of hydrogen-bond donors (Lipinski definition) is 0. The number of likely N-dealkylation sites (tertiary alicyclic amines) is 2. The van der Waals surface area contributed by atoms with E-state index in [4.69, 9.17) is 0 Å². The molecule has 2 aliphatic heterocycles. The minimum absolute atomic E-state index is 0.0117. The van der Waals surface area contributed by atoms with Crippen LogP contribution >= 0.6 is 0 Å². The molecule has 0 aromatic carbocycles. The Morgan fingerprint density at radius 1 is 1.13 bits per heavy atom. The fraction of sp³-hybridized carbons (Fsp3) is 0.889. The largest absolute Gasteiger partial charge is 0.297 e. The second kappa shape index (κ2) is 5.85. The van der Waals surface area contributed by atoms with Crippen LogP contribution < -0.4 is 0 Å². The van der Waals surface area contributed by atoms with Gasteiger partial charge in [-0.05, 0) is 65.3 Å². The van der Waals surface area contributed by atoms with Gasteiger partial charge in [-0.1, -0.05) is 0 Å². The Balaban J connectivity index is 1.42. The van der Waals surface area contributed by atoms with E-state index in [-0.39, 0.29) is 5.54 Å². The molecule has 3 heterocycles. The molecule has 0 bridgehead atoms. The zero-order valence-electron chi connectivity index (χ0n) is 14.9. The summed E-state index contributed by atoms with van der Waals surface area (Å²) in [5.74, 6) is 1.98. The van der Waals surface area contributed by atoms with Gasteiger partial charge in [0.2, 0.25) is 0 Å². The van der Waals surface area contributed by atoms with Gasteiger partial charge in [-0.2, -0.15) is 5.10 Å². The first-order valence-electron chi connectivity index (χ1n) is 9.40. The first-order valence-corrected chi connectivity index (χ1v) is 9.40.